The zero-order chi connectivity index (χ0) is 18.1. The largest absolute Gasteiger partial charge is 0.351 e. The second-order valence-corrected chi connectivity index (χ2v) is 6.40. The fourth-order valence-corrected chi connectivity index (χ4v) is 2.78. The number of amides is 1. The molecule has 2 aromatic heterocycles. The second kappa shape index (κ2) is 6.48. The number of rotatable bonds is 4. The maximum absolute atomic E-state index is 12.2. The molecule has 6 nitrogen and oxygen atoms in total. The molecular weight excluding hydrogens is 328 g/mol. The van der Waals surface area contributed by atoms with E-state index >= 15 is 0 Å². The SMILES string of the molecule is CC(C)NC(=O)c1cccc(-c2noc(-c3cc4ccccc4[nH]3)n2)c1. The van der Waals surface area contributed by atoms with Gasteiger partial charge in [-0.2, -0.15) is 4.98 Å². The monoisotopic (exact) mass is 346 g/mol. The van der Waals surface area contributed by atoms with Gasteiger partial charge in [-0.1, -0.05) is 35.5 Å². The zero-order valence-corrected chi connectivity index (χ0v) is 14.5. The summed E-state index contributed by atoms with van der Waals surface area (Å²) < 4.78 is 5.41. The molecule has 0 aliphatic heterocycles. The summed E-state index contributed by atoms with van der Waals surface area (Å²) in [5, 5.41) is 8.01. The van der Waals surface area contributed by atoms with Crippen LogP contribution in [0.1, 0.15) is 24.2 Å². The smallest absolute Gasteiger partial charge is 0.274 e. The van der Waals surface area contributed by atoms with E-state index in [0.29, 0.717) is 17.3 Å². The fraction of sp³-hybridized carbons (Fsp3) is 0.150. The number of para-hydroxylation sites is 1. The standard InChI is InChI=1S/C20H18N4O2/c1-12(2)21-19(25)15-8-5-7-14(10-15)18-23-20(26-24-18)17-11-13-6-3-4-9-16(13)22-17/h3-12,22H,1-2H3,(H,21,25). The lowest BCUT2D eigenvalue weighted by molar-refractivity contribution is 0.0943. The van der Waals surface area contributed by atoms with Gasteiger partial charge in [0, 0.05) is 28.1 Å². The van der Waals surface area contributed by atoms with E-state index in [9.17, 15) is 4.79 Å². The summed E-state index contributed by atoms with van der Waals surface area (Å²) in [7, 11) is 0. The Balaban J connectivity index is 1.64. The molecule has 0 saturated heterocycles. The maximum Gasteiger partial charge on any atom is 0.274 e. The van der Waals surface area contributed by atoms with Crippen LogP contribution in [-0.4, -0.2) is 27.1 Å². The highest BCUT2D eigenvalue weighted by atomic mass is 16.5. The van der Waals surface area contributed by atoms with Crippen LogP contribution < -0.4 is 5.32 Å². The average molecular weight is 346 g/mol. The first-order chi connectivity index (χ1) is 12.6. The molecule has 0 bridgehead atoms. The van der Waals surface area contributed by atoms with Crippen LogP contribution >= 0.6 is 0 Å². The molecule has 0 aliphatic rings. The van der Waals surface area contributed by atoms with Gasteiger partial charge in [-0.25, -0.2) is 0 Å². The molecular formula is C20H18N4O2. The van der Waals surface area contributed by atoms with Crippen molar-refractivity contribution in [2.75, 3.05) is 0 Å². The molecule has 0 unspecified atom stereocenters. The summed E-state index contributed by atoms with van der Waals surface area (Å²) in [6.07, 6.45) is 0. The Kier molecular flexibility index (Phi) is 4.01. The summed E-state index contributed by atoms with van der Waals surface area (Å²) in [5.74, 6) is 0.729. The van der Waals surface area contributed by atoms with E-state index in [2.05, 4.69) is 20.4 Å². The Morgan fingerprint density at radius 1 is 1.12 bits per heavy atom. The van der Waals surface area contributed by atoms with Crippen LogP contribution in [0.15, 0.2) is 59.1 Å². The van der Waals surface area contributed by atoms with Crippen molar-refractivity contribution in [2.24, 2.45) is 0 Å². The zero-order valence-electron chi connectivity index (χ0n) is 14.5. The predicted molar refractivity (Wildman–Crippen MR) is 99.6 cm³/mol. The number of carbonyl (C=O) groups excluding carboxylic acids is 1. The number of fused-ring (bicyclic) bond motifs is 1. The van der Waals surface area contributed by atoms with Crippen LogP contribution in [0, 0.1) is 0 Å². The Morgan fingerprint density at radius 3 is 2.77 bits per heavy atom. The van der Waals surface area contributed by atoms with Crippen molar-refractivity contribution in [3.05, 3.63) is 60.2 Å². The van der Waals surface area contributed by atoms with Crippen molar-refractivity contribution in [3.63, 3.8) is 0 Å². The van der Waals surface area contributed by atoms with E-state index in [1.807, 2.05) is 56.3 Å². The minimum Gasteiger partial charge on any atom is -0.351 e. The summed E-state index contributed by atoms with van der Waals surface area (Å²) in [6.45, 7) is 3.85. The molecule has 6 heteroatoms. The van der Waals surface area contributed by atoms with Gasteiger partial charge in [-0.15, -0.1) is 0 Å². The van der Waals surface area contributed by atoms with Crippen LogP contribution in [-0.2, 0) is 0 Å². The van der Waals surface area contributed by atoms with Crippen LogP contribution in [0.5, 0.6) is 0 Å². The van der Waals surface area contributed by atoms with Gasteiger partial charge in [0.2, 0.25) is 5.82 Å². The lowest BCUT2D eigenvalue weighted by Crippen LogP contribution is -2.30. The molecule has 130 valence electrons. The Hall–Kier alpha value is -3.41. The molecule has 2 aromatic carbocycles. The van der Waals surface area contributed by atoms with Gasteiger partial charge < -0.3 is 14.8 Å². The Labute approximate surface area is 150 Å². The first-order valence-corrected chi connectivity index (χ1v) is 8.43. The number of H-pyrrole nitrogens is 1. The number of aromatic nitrogens is 3. The number of benzene rings is 2. The molecule has 1 amide bonds. The van der Waals surface area contributed by atoms with Crippen molar-refractivity contribution in [2.45, 2.75) is 19.9 Å². The highest BCUT2D eigenvalue weighted by Gasteiger charge is 2.14. The van der Waals surface area contributed by atoms with Gasteiger partial charge in [0.25, 0.3) is 11.8 Å². The number of carbonyl (C=O) groups is 1. The topological polar surface area (TPSA) is 83.8 Å². The molecule has 0 atom stereocenters. The van der Waals surface area contributed by atoms with Crippen molar-refractivity contribution in [1.82, 2.24) is 20.4 Å². The van der Waals surface area contributed by atoms with E-state index in [-0.39, 0.29) is 11.9 Å². The van der Waals surface area contributed by atoms with Gasteiger partial charge in [-0.05, 0) is 38.1 Å². The molecule has 0 spiro atoms. The van der Waals surface area contributed by atoms with E-state index in [4.69, 9.17) is 4.52 Å². The third kappa shape index (κ3) is 3.09. The molecule has 2 heterocycles. The van der Waals surface area contributed by atoms with Gasteiger partial charge in [0.1, 0.15) is 5.69 Å². The number of hydrogen-bond acceptors (Lipinski definition) is 4. The average Bonchev–Trinajstić information content (AvgIpc) is 3.28. The fourth-order valence-electron chi connectivity index (χ4n) is 2.78. The first kappa shape index (κ1) is 16.1. The number of aromatic amines is 1. The van der Waals surface area contributed by atoms with Crippen LogP contribution in [0.25, 0.3) is 33.9 Å². The van der Waals surface area contributed by atoms with Crippen molar-refractivity contribution in [1.29, 1.82) is 0 Å². The number of hydrogen-bond donors (Lipinski definition) is 2. The van der Waals surface area contributed by atoms with Crippen molar-refractivity contribution < 1.29 is 9.32 Å². The Bertz CT molecular complexity index is 1050. The summed E-state index contributed by atoms with van der Waals surface area (Å²) in [5.41, 5.74) is 3.06. The van der Waals surface area contributed by atoms with E-state index in [1.54, 1.807) is 12.1 Å². The summed E-state index contributed by atoms with van der Waals surface area (Å²) in [6, 6.07) is 17.2. The maximum atomic E-state index is 12.2. The van der Waals surface area contributed by atoms with Crippen LogP contribution in [0.2, 0.25) is 0 Å². The van der Waals surface area contributed by atoms with E-state index < -0.39 is 0 Å². The third-order valence-corrected chi connectivity index (χ3v) is 3.99. The van der Waals surface area contributed by atoms with E-state index in [0.717, 1.165) is 22.2 Å². The predicted octanol–water partition coefficient (Wildman–Crippen LogP) is 4.02. The quantitative estimate of drug-likeness (QED) is 0.584. The van der Waals surface area contributed by atoms with Crippen LogP contribution in [0.3, 0.4) is 0 Å². The highest BCUT2D eigenvalue weighted by molar-refractivity contribution is 5.95. The minimum atomic E-state index is -0.124. The molecule has 0 aliphatic carbocycles. The second-order valence-electron chi connectivity index (χ2n) is 6.40. The molecule has 26 heavy (non-hydrogen) atoms. The molecule has 2 N–H and O–H groups in total. The number of nitrogens with zero attached hydrogens (tertiary/aromatic N) is 2. The number of nitrogens with one attached hydrogen (secondary N) is 2. The summed E-state index contributed by atoms with van der Waals surface area (Å²) in [4.78, 5) is 19.9. The van der Waals surface area contributed by atoms with Crippen molar-refractivity contribution >= 4 is 16.8 Å². The molecule has 4 aromatic rings. The van der Waals surface area contributed by atoms with Crippen molar-refractivity contribution in [3.8, 4) is 23.0 Å². The molecule has 0 saturated carbocycles. The lowest BCUT2D eigenvalue weighted by Gasteiger charge is -2.08. The van der Waals surface area contributed by atoms with E-state index in [1.165, 1.54) is 0 Å². The van der Waals surface area contributed by atoms with Gasteiger partial charge in [0.05, 0.1) is 0 Å². The normalized spacial score (nSPS) is 11.2. The highest BCUT2D eigenvalue weighted by Crippen LogP contribution is 2.25. The lowest BCUT2D eigenvalue weighted by atomic mass is 10.1. The molecule has 4 rings (SSSR count). The molecule has 0 radical (unpaired) electrons. The van der Waals surface area contributed by atoms with Gasteiger partial charge >= 0.3 is 0 Å². The minimum absolute atomic E-state index is 0.0740. The first-order valence-electron chi connectivity index (χ1n) is 8.43. The summed E-state index contributed by atoms with van der Waals surface area (Å²) >= 11 is 0. The van der Waals surface area contributed by atoms with Crippen LogP contribution in [0.4, 0.5) is 0 Å². The molecule has 0 fully saturated rings. The third-order valence-electron chi connectivity index (χ3n) is 3.99. The van der Waals surface area contributed by atoms with Gasteiger partial charge in [0.15, 0.2) is 0 Å². The van der Waals surface area contributed by atoms with Gasteiger partial charge in [-0.3, -0.25) is 4.79 Å². The Morgan fingerprint density at radius 2 is 1.96 bits per heavy atom.